The van der Waals surface area contributed by atoms with Gasteiger partial charge in [0.15, 0.2) is 0 Å². The number of benzene rings is 1. The first-order chi connectivity index (χ1) is 14.4. The van der Waals surface area contributed by atoms with Crippen molar-refractivity contribution in [3.05, 3.63) is 36.4 Å². The molecule has 0 unspecified atom stereocenters. The number of carbonyl (C=O) groups is 2. The Morgan fingerprint density at radius 1 is 1.27 bits per heavy atom. The van der Waals surface area contributed by atoms with Gasteiger partial charge in [-0.1, -0.05) is 19.1 Å². The second-order valence-corrected chi connectivity index (χ2v) is 7.84. The molecule has 4 rings (SSSR count). The number of rotatable bonds is 5. The van der Waals surface area contributed by atoms with Crippen LogP contribution in [0, 0.1) is 11.7 Å². The Morgan fingerprint density at radius 3 is 2.67 bits per heavy atom. The molecule has 9 nitrogen and oxygen atoms in total. The summed E-state index contributed by atoms with van der Waals surface area (Å²) < 4.78 is 21.8. The molecule has 1 atom stereocenters. The van der Waals surface area contributed by atoms with Crippen molar-refractivity contribution >= 4 is 23.4 Å². The van der Waals surface area contributed by atoms with E-state index >= 15 is 0 Å². The number of aromatic nitrogens is 3. The summed E-state index contributed by atoms with van der Waals surface area (Å²) in [5.41, 5.74) is 0.929. The fraction of sp³-hybridized carbons (Fsp3) is 0.500. The van der Waals surface area contributed by atoms with E-state index in [0.29, 0.717) is 50.6 Å². The normalized spacial score (nSPS) is 19.5. The van der Waals surface area contributed by atoms with E-state index in [2.05, 4.69) is 10.3 Å². The molecule has 1 aromatic heterocycles. The van der Waals surface area contributed by atoms with Crippen LogP contribution in [0.3, 0.4) is 0 Å². The SMILES string of the molecule is CC(C)C(=O)N1CCN(c2ccc(N3C[C@H](Cn4ccnn4)OC3=O)cc2F)CC1. The summed E-state index contributed by atoms with van der Waals surface area (Å²) in [4.78, 5) is 29.6. The fourth-order valence-electron chi connectivity index (χ4n) is 3.82. The molecule has 0 radical (unpaired) electrons. The molecular weight excluding hydrogens is 391 g/mol. The number of halogens is 1. The lowest BCUT2D eigenvalue weighted by molar-refractivity contribution is -0.134. The van der Waals surface area contributed by atoms with E-state index in [9.17, 15) is 14.0 Å². The standard InChI is InChI=1S/C20H25FN6O3/c1-14(2)19(28)25-9-7-24(8-10-25)18-4-3-15(11-17(18)21)27-13-16(30-20(27)29)12-26-6-5-22-23-26/h3-6,11,14,16H,7-10,12-13H2,1-2H3/t16-/m0/s1. The van der Waals surface area contributed by atoms with Crippen LogP contribution < -0.4 is 9.80 Å². The summed E-state index contributed by atoms with van der Waals surface area (Å²) >= 11 is 0. The minimum absolute atomic E-state index is 0.0406. The van der Waals surface area contributed by atoms with Crippen molar-refractivity contribution in [1.82, 2.24) is 19.9 Å². The molecule has 0 spiro atoms. The molecule has 10 heteroatoms. The Labute approximate surface area is 174 Å². The van der Waals surface area contributed by atoms with Crippen LogP contribution in [0.4, 0.5) is 20.6 Å². The van der Waals surface area contributed by atoms with E-state index in [0.717, 1.165) is 0 Å². The van der Waals surface area contributed by atoms with Gasteiger partial charge >= 0.3 is 6.09 Å². The highest BCUT2D eigenvalue weighted by Gasteiger charge is 2.33. The van der Waals surface area contributed by atoms with E-state index in [1.807, 2.05) is 23.6 Å². The second-order valence-electron chi connectivity index (χ2n) is 7.84. The van der Waals surface area contributed by atoms with Crippen molar-refractivity contribution in [3.63, 3.8) is 0 Å². The average molecular weight is 416 g/mol. The summed E-state index contributed by atoms with van der Waals surface area (Å²) in [6, 6.07) is 4.77. The third kappa shape index (κ3) is 4.07. The Bertz CT molecular complexity index is 911. The highest BCUT2D eigenvalue weighted by atomic mass is 19.1. The van der Waals surface area contributed by atoms with Gasteiger partial charge in [-0.25, -0.2) is 13.9 Å². The number of cyclic esters (lactones) is 1. The molecule has 0 bridgehead atoms. The van der Waals surface area contributed by atoms with Crippen LogP contribution in [-0.2, 0) is 16.1 Å². The number of piperazine rings is 1. The van der Waals surface area contributed by atoms with Gasteiger partial charge in [0.05, 0.1) is 30.7 Å². The van der Waals surface area contributed by atoms with E-state index in [4.69, 9.17) is 4.74 Å². The maximum Gasteiger partial charge on any atom is 0.414 e. The third-order valence-electron chi connectivity index (χ3n) is 5.41. The van der Waals surface area contributed by atoms with Crippen LogP contribution in [0.2, 0.25) is 0 Å². The van der Waals surface area contributed by atoms with Gasteiger partial charge < -0.3 is 14.5 Å². The highest BCUT2D eigenvalue weighted by molar-refractivity contribution is 5.90. The van der Waals surface area contributed by atoms with Crippen LogP contribution in [0.15, 0.2) is 30.6 Å². The lowest BCUT2D eigenvalue weighted by Crippen LogP contribution is -2.50. The fourth-order valence-corrected chi connectivity index (χ4v) is 3.82. The van der Waals surface area contributed by atoms with E-state index in [1.165, 1.54) is 11.0 Å². The molecular formula is C20H25FN6O3. The molecule has 160 valence electrons. The van der Waals surface area contributed by atoms with Crippen molar-refractivity contribution in [2.75, 3.05) is 42.5 Å². The predicted octanol–water partition coefficient (Wildman–Crippen LogP) is 1.75. The molecule has 3 heterocycles. The first-order valence-corrected chi connectivity index (χ1v) is 10.1. The zero-order valence-corrected chi connectivity index (χ0v) is 17.1. The van der Waals surface area contributed by atoms with Crippen LogP contribution in [0.1, 0.15) is 13.8 Å². The number of anilines is 2. The molecule has 2 aliphatic rings. The predicted molar refractivity (Wildman–Crippen MR) is 108 cm³/mol. The second kappa shape index (κ2) is 8.29. The van der Waals surface area contributed by atoms with Gasteiger partial charge in [0.25, 0.3) is 0 Å². The van der Waals surface area contributed by atoms with Crippen molar-refractivity contribution in [2.45, 2.75) is 26.5 Å². The van der Waals surface area contributed by atoms with Crippen molar-refractivity contribution < 1.29 is 18.7 Å². The van der Waals surface area contributed by atoms with Gasteiger partial charge in [-0.15, -0.1) is 5.10 Å². The van der Waals surface area contributed by atoms with Gasteiger partial charge in [0, 0.05) is 38.3 Å². The Hall–Kier alpha value is -3.17. The van der Waals surface area contributed by atoms with E-state index in [1.54, 1.807) is 29.2 Å². The highest BCUT2D eigenvalue weighted by Crippen LogP contribution is 2.29. The molecule has 1 aromatic carbocycles. The summed E-state index contributed by atoms with van der Waals surface area (Å²) in [5.74, 6) is -0.316. The van der Waals surface area contributed by atoms with Crippen molar-refractivity contribution in [2.24, 2.45) is 5.92 Å². The van der Waals surface area contributed by atoms with Gasteiger partial charge in [-0.3, -0.25) is 9.69 Å². The first kappa shape index (κ1) is 20.1. The molecule has 2 saturated heterocycles. The van der Waals surface area contributed by atoms with Crippen molar-refractivity contribution in [1.29, 1.82) is 0 Å². The molecule has 2 aromatic rings. The van der Waals surface area contributed by atoms with Crippen LogP contribution in [0.25, 0.3) is 0 Å². The molecule has 0 saturated carbocycles. The number of ether oxygens (including phenoxy) is 1. The van der Waals surface area contributed by atoms with E-state index < -0.39 is 11.9 Å². The molecule has 0 N–H and O–H groups in total. The van der Waals surface area contributed by atoms with Gasteiger partial charge in [-0.05, 0) is 18.2 Å². The first-order valence-electron chi connectivity index (χ1n) is 10.1. The Kier molecular flexibility index (Phi) is 5.56. The monoisotopic (exact) mass is 416 g/mol. The van der Waals surface area contributed by atoms with E-state index in [-0.39, 0.29) is 17.9 Å². The number of hydrogen-bond donors (Lipinski definition) is 0. The molecule has 2 aliphatic heterocycles. The topological polar surface area (TPSA) is 83.8 Å². The summed E-state index contributed by atoms with van der Waals surface area (Å²) in [7, 11) is 0. The maximum absolute atomic E-state index is 14.9. The zero-order valence-electron chi connectivity index (χ0n) is 17.1. The molecule has 30 heavy (non-hydrogen) atoms. The number of hydrogen-bond acceptors (Lipinski definition) is 6. The molecule has 0 aliphatic carbocycles. The van der Waals surface area contributed by atoms with Crippen molar-refractivity contribution in [3.8, 4) is 0 Å². The number of carbonyl (C=O) groups excluding carboxylic acids is 2. The average Bonchev–Trinajstić information content (AvgIpc) is 3.37. The third-order valence-corrected chi connectivity index (χ3v) is 5.41. The number of amides is 2. The molecule has 2 fully saturated rings. The van der Waals surface area contributed by atoms with Gasteiger partial charge in [0.1, 0.15) is 11.9 Å². The minimum atomic E-state index is -0.506. The largest absolute Gasteiger partial charge is 0.442 e. The van der Waals surface area contributed by atoms with Crippen LogP contribution in [-0.4, -0.2) is 70.7 Å². The quantitative estimate of drug-likeness (QED) is 0.739. The lowest BCUT2D eigenvalue weighted by atomic mass is 10.1. The lowest BCUT2D eigenvalue weighted by Gasteiger charge is -2.37. The summed E-state index contributed by atoms with van der Waals surface area (Å²) in [6.07, 6.45) is 2.36. The molecule has 2 amide bonds. The van der Waals surface area contributed by atoms with Crippen LogP contribution in [0.5, 0.6) is 0 Å². The summed E-state index contributed by atoms with van der Waals surface area (Å²) in [5, 5.41) is 7.60. The smallest absolute Gasteiger partial charge is 0.414 e. The van der Waals surface area contributed by atoms with Gasteiger partial charge in [0.2, 0.25) is 5.91 Å². The number of nitrogens with zero attached hydrogens (tertiary/aromatic N) is 6. The Balaban J connectivity index is 1.40. The van der Waals surface area contributed by atoms with Crippen LogP contribution >= 0.6 is 0 Å². The zero-order chi connectivity index (χ0) is 21.3. The summed E-state index contributed by atoms with van der Waals surface area (Å²) in [6.45, 7) is 6.75. The maximum atomic E-state index is 14.9. The Morgan fingerprint density at radius 2 is 2.03 bits per heavy atom. The minimum Gasteiger partial charge on any atom is -0.442 e. The van der Waals surface area contributed by atoms with Gasteiger partial charge in [-0.2, -0.15) is 0 Å².